The fourth-order valence-corrected chi connectivity index (χ4v) is 2.43. The highest BCUT2D eigenvalue weighted by atomic mass is 35.5. The van der Waals surface area contributed by atoms with Gasteiger partial charge in [-0.3, -0.25) is 0 Å². The predicted octanol–water partition coefficient (Wildman–Crippen LogP) is 2.94. The van der Waals surface area contributed by atoms with Crippen LogP contribution in [0.1, 0.15) is 46.0 Å². The Morgan fingerprint density at radius 3 is 2.87 bits per heavy atom. The molecule has 1 aliphatic heterocycles. The van der Waals surface area contributed by atoms with E-state index in [-0.39, 0.29) is 5.54 Å². The maximum absolute atomic E-state index is 5.74. The van der Waals surface area contributed by atoms with E-state index in [9.17, 15) is 0 Å². The minimum Gasteiger partial charge on any atom is -0.378 e. The number of nitrogens with one attached hydrogen (secondary N) is 1. The number of alkyl halides is 1. The van der Waals surface area contributed by atoms with Crippen LogP contribution in [0, 0.1) is 0 Å². The molecule has 0 radical (unpaired) electrons. The summed E-state index contributed by atoms with van der Waals surface area (Å²) >= 11 is 5.74. The van der Waals surface area contributed by atoms with Crippen molar-refractivity contribution in [2.24, 2.45) is 0 Å². The van der Waals surface area contributed by atoms with Crippen LogP contribution in [0.15, 0.2) is 0 Å². The number of hydrogen-bond acceptors (Lipinski definition) is 2. The molecule has 1 N–H and O–H groups in total. The minimum atomic E-state index is 0.179. The molecule has 90 valence electrons. The monoisotopic (exact) mass is 233 g/mol. The first-order valence-electron chi connectivity index (χ1n) is 6.07. The Balaban J connectivity index is 2.00. The zero-order valence-electron chi connectivity index (χ0n) is 10.0. The molecule has 3 heteroatoms. The number of halogens is 1. The van der Waals surface area contributed by atoms with Crippen LogP contribution in [0.2, 0.25) is 0 Å². The zero-order chi connectivity index (χ0) is 11.1. The molecule has 0 aliphatic carbocycles. The Labute approximate surface area is 98.7 Å². The first-order chi connectivity index (χ1) is 7.14. The van der Waals surface area contributed by atoms with Gasteiger partial charge < -0.3 is 10.1 Å². The Morgan fingerprint density at radius 1 is 1.47 bits per heavy atom. The van der Waals surface area contributed by atoms with Crippen molar-refractivity contribution in [3.05, 3.63) is 0 Å². The summed E-state index contributed by atoms with van der Waals surface area (Å²) in [5.41, 5.74) is 0.179. The number of rotatable bonds is 7. The van der Waals surface area contributed by atoms with Crippen molar-refractivity contribution in [3.8, 4) is 0 Å². The van der Waals surface area contributed by atoms with Crippen LogP contribution in [0.4, 0.5) is 0 Å². The van der Waals surface area contributed by atoms with Gasteiger partial charge in [0.25, 0.3) is 0 Å². The molecule has 1 unspecified atom stereocenters. The fraction of sp³-hybridized carbons (Fsp3) is 1.00. The topological polar surface area (TPSA) is 21.3 Å². The Kier molecular flexibility index (Phi) is 5.95. The van der Waals surface area contributed by atoms with Crippen LogP contribution >= 0.6 is 11.6 Å². The van der Waals surface area contributed by atoms with Crippen LogP contribution in [0.25, 0.3) is 0 Å². The van der Waals surface area contributed by atoms with Crippen molar-refractivity contribution >= 4 is 11.6 Å². The lowest BCUT2D eigenvalue weighted by molar-refractivity contribution is 0.102. The molecule has 0 spiro atoms. The van der Waals surface area contributed by atoms with Crippen molar-refractivity contribution in [2.45, 2.75) is 57.6 Å². The molecular formula is C12H24ClNO. The van der Waals surface area contributed by atoms with Gasteiger partial charge in [0, 0.05) is 18.0 Å². The molecule has 1 atom stereocenters. The lowest BCUT2D eigenvalue weighted by atomic mass is 10.0. The summed E-state index contributed by atoms with van der Waals surface area (Å²) < 4.78 is 5.58. The van der Waals surface area contributed by atoms with Crippen LogP contribution in [-0.4, -0.2) is 30.7 Å². The SMILES string of the molecule is CC(C)(CCCl)NCCCC1CCCO1. The first kappa shape index (κ1) is 13.3. The van der Waals surface area contributed by atoms with Gasteiger partial charge in [0.15, 0.2) is 0 Å². The molecule has 0 bridgehead atoms. The Morgan fingerprint density at radius 2 is 2.27 bits per heavy atom. The first-order valence-corrected chi connectivity index (χ1v) is 6.60. The van der Waals surface area contributed by atoms with Gasteiger partial charge >= 0.3 is 0 Å². The van der Waals surface area contributed by atoms with Crippen molar-refractivity contribution in [2.75, 3.05) is 19.0 Å². The van der Waals surface area contributed by atoms with Crippen molar-refractivity contribution in [1.29, 1.82) is 0 Å². The van der Waals surface area contributed by atoms with E-state index < -0.39 is 0 Å². The summed E-state index contributed by atoms with van der Waals surface area (Å²) in [6.07, 6.45) is 6.46. The van der Waals surface area contributed by atoms with E-state index in [2.05, 4.69) is 19.2 Å². The summed E-state index contributed by atoms with van der Waals surface area (Å²) in [6, 6.07) is 0. The Bertz CT molecular complexity index is 167. The molecule has 15 heavy (non-hydrogen) atoms. The summed E-state index contributed by atoms with van der Waals surface area (Å²) in [6.45, 7) is 6.46. The van der Waals surface area contributed by atoms with Crippen LogP contribution < -0.4 is 5.32 Å². The summed E-state index contributed by atoms with van der Waals surface area (Å²) in [5, 5.41) is 3.54. The molecule has 1 saturated heterocycles. The number of hydrogen-bond donors (Lipinski definition) is 1. The maximum Gasteiger partial charge on any atom is 0.0576 e. The highest BCUT2D eigenvalue weighted by Gasteiger charge is 2.17. The summed E-state index contributed by atoms with van der Waals surface area (Å²) in [7, 11) is 0. The molecule has 2 nitrogen and oxygen atoms in total. The molecule has 1 heterocycles. The lowest BCUT2D eigenvalue weighted by Gasteiger charge is -2.25. The number of ether oxygens (including phenoxy) is 1. The van der Waals surface area contributed by atoms with E-state index in [1.54, 1.807) is 0 Å². The molecule has 1 fully saturated rings. The largest absolute Gasteiger partial charge is 0.378 e. The average molecular weight is 234 g/mol. The molecule has 1 aliphatic rings. The van der Waals surface area contributed by atoms with E-state index >= 15 is 0 Å². The van der Waals surface area contributed by atoms with Gasteiger partial charge in [0.05, 0.1) is 6.10 Å². The molecule has 0 amide bonds. The standard InChI is InChI=1S/C12H24ClNO/c1-12(2,7-8-13)14-9-3-5-11-6-4-10-15-11/h11,14H,3-10H2,1-2H3. The van der Waals surface area contributed by atoms with Crippen molar-refractivity contribution in [3.63, 3.8) is 0 Å². The predicted molar refractivity (Wildman–Crippen MR) is 65.6 cm³/mol. The van der Waals surface area contributed by atoms with Crippen LogP contribution in [-0.2, 0) is 4.74 Å². The second-order valence-electron chi connectivity index (χ2n) is 5.03. The highest BCUT2D eigenvalue weighted by Crippen LogP contribution is 2.17. The van der Waals surface area contributed by atoms with Crippen LogP contribution in [0.5, 0.6) is 0 Å². The van der Waals surface area contributed by atoms with Gasteiger partial charge in [-0.05, 0) is 52.5 Å². The van der Waals surface area contributed by atoms with E-state index in [4.69, 9.17) is 16.3 Å². The van der Waals surface area contributed by atoms with Crippen molar-refractivity contribution in [1.82, 2.24) is 5.32 Å². The zero-order valence-corrected chi connectivity index (χ0v) is 10.8. The average Bonchev–Trinajstić information content (AvgIpc) is 2.65. The fourth-order valence-electron chi connectivity index (χ4n) is 1.95. The second kappa shape index (κ2) is 6.72. The molecule has 0 aromatic carbocycles. The summed E-state index contributed by atoms with van der Waals surface area (Å²) in [4.78, 5) is 0. The minimum absolute atomic E-state index is 0.179. The quantitative estimate of drug-likeness (QED) is 0.539. The molecule has 0 aromatic heterocycles. The molecule has 1 rings (SSSR count). The third-order valence-corrected chi connectivity index (χ3v) is 3.24. The van der Waals surface area contributed by atoms with E-state index in [1.807, 2.05) is 0 Å². The third-order valence-electron chi connectivity index (χ3n) is 3.05. The lowest BCUT2D eigenvalue weighted by Crippen LogP contribution is -2.40. The second-order valence-corrected chi connectivity index (χ2v) is 5.40. The molecule has 0 saturated carbocycles. The van der Waals surface area contributed by atoms with Gasteiger partial charge in [0.1, 0.15) is 0 Å². The van der Waals surface area contributed by atoms with Crippen LogP contribution in [0.3, 0.4) is 0 Å². The van der Waals surface area contributed by atoms with Gasteiger partial charge in [0.2, 0.25) is 0 Å². The van der Waals surface area contributed by atoms with E-state index in [0.29, 0.717) is 6.10 Å². The van der Waals surface area contributed by atoms with E-state index in [1.165, 1.54) is 25.7 Å². The van der Waals surface area contributed by atoms with E-state index in [0.717, 1.165) is 25.5 Å². The third kappa shape index (κ3) is 5.74. The molecular weight excluding hydrogens is 210 g/mol. The van der Waals surface area contributed by atoms with Gasteiger partial charge in [-0.25, -0.2) is 0 Å². The normalized spacial score (nSPS) is 22.2. The molecule has 0 aromatic rings. The Hall–Kier alpha value is 0.210. The smallest absolute Gasteiger partial charge is 0.0576 e. The van der Waals surface area contributed by atoms with Gasteiger partial charge in [-0.1, -0.05) is 0 Å². The van der Waals surface area contributed by atoms with Gasteiger partial charge in [-0.2, -0.15) is 0 Å². The summed E-state index contributed by atoms with van der Waals surface area (Å²) in [5.74, 6) is 0.728. The maximum atomic E-state index is 5.74. The van der Waals surface area contributed by atoms with Gasteiger partial charge in [-0.15, -0.1) is 11.6 Å². The van der Waals surface area contributed by atoms with Crippen molar-refractivity contribution < 1.29 is 4.74 Å². The highest BCUT2D eigenvalue weighted by molar-refractivity contribution is 6.17.